The Balaban J connectivity index is 1.82. The van der Waals surface area contributed by atoms with Gasteiger partial charge in [0.15, 0.2) is 11.5 Å². The van der Waals surface area contributed by atoms with Crippen LogP contribution in [0.1, 0.15) is 19.5 Å². The second-order valence-corrected chi connectivity index (χ2v) is 5.52. The first kappa shape index (κ1) is 14.2. The first-order valence-electron chi connectivity index (χ1n) is 7.22. The number of fused-ring (bicyclic) bond motifs is 1. The highest BCUT2D eigenvalue weighted by Crippen LogP contribution is 2.05. The molecule has 3 heterocycles. The molecule has 0 saturated carbocycles. The molecule has 0 fully saturated rings. The number of hydrogen-bond donors (Lipinski definition) is 1. The Morgan fingerprint density at radius 1 is 1.18 bits per heavy atom. The number of nitrogens with zero attached hydrogens (tertiary/aromatic N) is 5. The molecule has 0 aliphatic carbocycles. The Hall–Kier alpha value is -2.70. The molecule has 0 amide bonds. The van der Waals surface area contributed by atoms with Crippen LogP contribution in [0, 0.1) is 5.92 Å². The van der Waals surface area contributed by atoms with Gasteiger partial charge in [0.25, 0.3) is 5.56 Å². The normalized spacial score (nSPS) is 11.2. The van der Waals surface area contributed by atoms with Crippen molar-refractivity contribution in [3.8, 4) is 0 Å². The van der Waals surface area contributed by atoms with Gasteiger partial charge >= 0.3 is 0 Å². The summed E-state index contributed by atoms with van der Waals surface area (Å²) in [6.45, 7) is 5.28. The Labute approximate surface area is 127 Å². The summed E-state index contributed by atoms with van der Waals surface area (Å²) < 4.78 is 3.42. The molecule has 0 aliphatic heterocycles. The molecule has 0 bridgehead atoms. The van der Waals surface area contributed by atoms with Crippen molar-refractivity contribution in [3.63, 3.8) is 0 Å². The van der Waals surface area contributed by atoms with Crippen molar-refractivity contribution < 1.29 is 0 Å². The van der Waals surface area contributed by atoms with Gasteiger partial charge in [0.05, 0.1) is 18.4 Å². The molecule has 3 aromatic rings. The van der Waals surface area contributed by atoms with Gasteiger partial charge in [0.2, 0.25) is 0 Å². The molecule has 0 aliphatic rings. The highest BCUT2D eigenvalue weighted by Gasteiger charge is 2.07. The SMILES string of the molecule is CC(C)Cn1ccnc(NCc2ccnc3ccnn23)c1=O. The fraction of sp³-hybridized carbons (Fsp3) is 0.333. The standard InChI is InChI=1S/C15H18N6O/c1-11(2)10-20-8-7-17-14(15(20)22)18-9-12-3-5-16-13-4-6-19-21(12)13/h3-8,11H,9-10H2,1-2H3,(H,17,18). The Kier molecular flexibility index (Phi) is 3.86. The van der Waals surface area contributed by atoms with E-state index in [-0.39, 0.29) is 5.56 Å². The average molecular weight is 298 g/mol. The molecule has 3 rings (SSSR count). The molecule has 0 radical (unpaired) electrons. The molecule has 0 saturated heterocycles. The summed E-state index contributed by atoms with van der Waals surface area (Å²) in [7, 11) is 0. The van der Waals surface area contributed by atoms with E-state index in [1.807, 2.05) is 12.1 Å². The van der Waals surface area contributed by atoms with Crippen molar-refractivity contribution in [2.24, 2.45) is 5.92 Å². The number of aromatic nitrogens is 5. The van der Waals surface area contributed by atoms with E-state index in [2.05, 4.69) is 34.2 Å². The lowest BCUT2D eigenvalue weighted by molar-refractivity contribution is 0.509. The lowest BCUT2D eigenvalue weighted by Gasteiger charge is -2.11. The average Bonchev–Trinajstić information content (AvgIpc) is 2.97. The molecule has 0 atom stereocenters. The largest absolute Gasteiger partial charge is 0.360 e. The minimum absolute atomic E-state index is 0.109. The topological polar surface area (TPSA) is 77.1 Å². The first-order chi connectivity index (χ1) is 10.6. The Morgan fingerprint density at radius 3 is 2.86 bits per heavy atom. The third-order valence-corrected chi connectivity index (χ3v) is 3.28. The van der Waals surface area contributed by atoms with Crippen molar-refractivity contribution >= 4 is 11.5 Å². The van der Waals surface area contributed by atoms with Gasteiger partial charge in [-0.2, -0.15) is 5.10 Å². The van der Waals surface area contributed by atoms with Crippen LogP contribution in [0.5, 0.6) is 0 Å². The summed E-state index contributed by atoms with van der Waals surface area (Å²) in [5.74, 6) is 0.747. The summed E-state index contributed by atoms with van der Waals surface area (Å²) in [6, 6.07) is 3.70. The molecular weight excluding hydrogens is 280 g/mol. The van der Waals surface area contributed by atoms with Crippen LogP contribution in [0.4, 0.5) is 5.82 Å². The number of rotatable bonds is 5. The van der Waals surface area contributed by atoms with Crippen LogP contribution in [-0.4, -0.2) is 24.1 Å². The zero-order valence-corrected chi connectivity index (χ0v) is 12.6. The molecule has 1 N–H and O–H groups in total. The molecule has 3 aromatic heterocycles. The monoisotopic (exact) mass is 298 g/mol. The predicted molar refractivity (Wildman–Crippen MR) is 83.6 cm³/mol. The van der Waals surface area contributed by atoms with Gasteiger partial charge in [0, 0.05) is 31.2 Å². The molecule has 0 spiro atoms. The van der Waals surface area contributed by atoms with E-state index in [1.54, 1.807) is 33.9 Å². The molecule has 0 aromatic carbocycles. The number of hydrogen-bond acceptors (Lipinski definition) is 5. The van der Waals surface area contributed by atoms with Crippen molar-refractivity contribution in [2.75, 3.05) is 5.32 Å². The maximum atomic E-state index is 12.3. The van der Waals surface area contributed by atoms with Crippen LogP contribution in [-0.2, 0) is 13.1 Å². The maximum absolute atomic E-state index is 12.3. The molecule has 0 unspecified atom stereocenters. The summed E-state index contributed by atoms with van der Waals surface area (Å²) in [5, 5.41) is 7.31. The van der Waals surface area contributed by atoms with Gasteiger partial charge in [-0.25, -0.2) is 14.5 Å². The third-order valence-electron chi connectivity index (χ3n) is 3.28. The number of anilines is 1. The second-order valence-electron chi connectivity index (χ2n) is 5.52. The lowest BCUT2D eigenvalue weighted by atomic mass is 10.2. The van der Waals surface area contributed by atoms with E-state index < -0.39 is 0 Å². The molecule has 114 valence electrons. The van der Waals surface area contributed by atoms with Gasteiger partial charge in [-0.1, -0.05) is 13.8 Å². The van der Waals surface area contributed by atoms with Crippen molar-refractivity contribution in [1.82, 2.24) is 24.1 Å². The summed E-state index contributed by atoms with van der Waals surface area (Å²) in [6.07, 6.45) is 6.78. The van der Waals surface area contributed by atoms with Crippen LogP contribution in [0.25, 0.3) is 5.65 Å². The quantitative estimate of drug-likeness (QED) is 0.773. The van der Waals surface area contributed by atoms with E-state index in [1.165, 1.54) is 0 Å². The first-order valence-corrected chi connectivity index (χ1v) is 7.22. The minimum Gasteiger partial charge on any atom is -0.360 e. The van der Waals surface area contributed by atoms with Gasteiger partial charge in [-0.05, 0) is 12.0 Å². The van der Waals surface area contributed by atoms with E-state index in [9.17, 15) is 4.79 Å². The summed E-state index contributed by atoms with van der Waals surface area (Å²) in [4.78, 5) is 20.7. The fourth-order valence-corrected chi connectivity index (χ4v) is 2.30. The fourth-order valence-electron chi connectivity index (χ4n) is 2.30. The zero-order chi connectivity index (χ0) is 15.5. The maximum Gasteiger partial charge on any atom is 0.293 e. The van der Waals surface area contributed by atoms with Crippen molar-refractivity contribution in [1.29, 1.82) is 0 Å². The Morgan fingerprint density at radius 2 is 2.05 bits per heavy atom. The van der Waals surface area contributed by atoms with Gasteiger partial charge < -0.3 is 9.88 Å². The summed E-state index contributed by atoms with van der Waals surface area (Å²) in [5.41, 5.74) is 1.58. The number of nitrogens with one attached hydrogen (secondary N) is 1. The molecule has 7 heteroatoms. The lowest BCUT2D eigenvalue weighted by Crippen LogP contribution is -2.26. The zero-order valence-electron chi connectivity index (χ0n) is 12.6. The van der Waals surface area contributed by atoms with Crippen molar-refractivity contribution in [3.05, 3.63) is 53.0 Å². The van der Waals surface area contributed by atoms with Crippen LogP contribution in [0.2, 0.25) is 0 Å². The van der Waals surface area contributed by atoms with Crippen LogP contribution >= 0.6 is 0 Å². The smallest absolute Gasteiger partial charge is 0.293 e. The third kappa shape index (κ3) is 2.83. The van der Waals surface area contributed by atoms with Gasteiger partial charge in [-0.3, -0.25) is 4.79 Å². The van der Waals surface area contributed by atoms with Crippen LogP contribution in [0.15, 0.2) is 41.7 Å². The summed E-state index contributed by atoms with van der Waals surface area (Å²) >= 11 is 0. The van der Waals surface area contributed by atoms with E-state index in [0.717, 1.165) is 11.3 Å². The van der Waals surface area contributed by atoms with Gasteiger partial charge in [-0.15, -0.1) is 0 Å². The highest BCUT2D eigenvalue weighted by atomic mass is 16.1. The molecule has 7 nitrogen and oxygen atoms in total. The van der Waals surface area contributed by atoms with Gasteiger partial charge in [0.1, 0.15) is 0 Å². The predicted octanol–water partition coefficient (Wildman–Crippen LogP) is 1.55. The second kappa shape index (κ2) is 5.97. The molecular formula is C15H18N6O. The van der Waals surface area contributed by atoms with Crippen LogP contribution in [0.3, 0.4) is 0 Å². The van der Waals surface area contributed by atoms with E-state index >= 15 is 0 Å². The van der Waals surface area contributed by atoms with Crippen molar-refractivity contribution in [2.45, 2.75) is 26.9 Å². The van der Waals surface area contributed by atoms with E-state index in [4.69, 9.17) is 0 Å². The van der Waals surface area contributed by atoms with Crippen LogP contribution < -0.4 is 10.9 Å². The highest BCUT2D eigenvalue weighted by molar-refractivity contribution is 5.38. The molecule has 22 heavy (non-hydrogen) atoms. The minimum atomic E-state index is -0.109. The van der Waals surface area contributed by atoms with E-state index in [0.29, 0.717) is 24.8 Å². The Bertz CT molecular complexity index is 835.